The molecule has 0 aliphatic heterocycles. The summed E-state index contributed by atoms with van der Waals surface area (Å²) in [7, 11) is 1.56. The number of nitrogens with zero attached hydrogens (tertiary/aromatic N) is 1. The molecule has 0 saturated heterocycles. The molecule has 0 radical (unpaired) electrons. The van der Waals surface area contributed by atoms with Crippen LogP contribution in [0.1, 0.15) is 10.4 Å². The van der Waals surface area contributed by atoms with Crippen LogP contribution in [-0.2, 0) is 0 Å². The molecule has 3 nitrogen and oxygen atoms in total. The van der Waals surface area contributed by atoms with Gasteiger partial charge < -0.3 is 4.74 Å². The molecule has 1 heterocycles. The highest BCUT2D eigenvalue weighted by atomic mass is 35.5. The molecule has 0 N–H and O–H groups in total. The second-order valence-corrected chi connectivity index (χ2v) is 3.84. The topological polar surface area (TPSA) is 39.2 Å². The standard InChI is InChI=1S/C13H10ClNO2/c1-17-12-3-2-6-15-13(12)11-7-10(14)5-4-9(11)8-16/h2-8H,1H3. The van der Waals surface area contributed by atoms with Gasteiger partial charge in [-0.3, -0.25) is 9.78 Å². The molecule has 1 aromatic carbocycles. The normalized spacial score (nSPS) is 10.0. The van der Waals surface area contributed by atoms with Crippen LogP contribution >= 0.6 is 11.6 Å². The van der Waals surface area contributed by atoms with Crippen molar-refractivity contribution >= 4 is 17.9 Å². The van der Waals surface area contributed by atoms with Crippen molar-refractivity contribution in [2.75, 3.05) is 7.11 Å². The summed E-state index contributed by atoms with van der Waals surface area (Å²) in [4.78, 5) is 15.2. The van der Waals surface area contributed by atoms with E-state index in [-0.39, 0.29) is 0 Å². The van der Waals surface area contributed by atoms with Crippen molar-refractivity contribution in [1.29, 1.82) is 0 Å². The Balaban J connectivity index is 2.66. The molecule has 2 aromatic rings. The fraction of sp³-hybridized carbons (Fsp3) is 0.0769. The minimum absolute atomic E-state index is 0.534. The minimum atomic E-state index is 0.534. The molecule has 0 unspecified atom stereocenters. The number of methoxy groups -OCH3 is 1. The van der Waals surface area contributed by atoms with Crippen LogP contribution in [0.25, 0.3) is 11.3 Å². The van der Waals surface area contributed by atoms with E-state index in [1.165, 1.54) is 0 Å². The van der Waals surface area contributed by atoms with Gasteiger partial charge in [-0.25, -0.2) is 0 Å². The van der Waals surface area contributed by atoms with Gasteiger partial charge >= 0.3 is 0 Å². The average Bonchev–Trinajstić information content (AvgIpc) is 2.38. The molecule has 86 valence electrons. The Kier molecular flexibility index (Phi) is 3.40. The maximum Gasteiger partial charge on any atom is 0.150 e. The van der Waals surface area contributed by atoms with Crippen LogP contribution in [0.2, 0.25) is 5.02 Å². The maximum atomic E-state index is 11.0. The monoisotopic (exact) mass is 247 g/mol. The van der Waals surface area contributed by atoms with E-state index < -0.39 is 0 Å². The lowest BCUT2D eigenvalue weighted by molar-refractivity contribution is 0.112. The number of aldehydes is 1. The Morgan fingerprint density at radius 2 is 2.18 bits per heavy atom. The molecule has 2 rings (SSSR count). The van der Waals surface area contributed by atoms with E-state index in [1.54, 1.807) is 43.6 Å². The molecule has 0 bridgehead atoms. The first kappa shape index (κ1) is 11.6. The minimum Gasteiger partial charge on any atom is -0.494 e. The van der Waals surface area contributed by atoms with Crippen molar-refractivity contribution in [3.05, 3.63) is 47.1 Å². The first-order valence-corrected chi connectivity index (χ1v) is 5.38. The lowest BCUT2D eigenvalue weighted by atomic mass is 10.0. The van der Waals surface area contributed by atoms with Gasteiger partial charge in [-0.1, -0.05) is 11.6 Å². The first-order chi connectivity index (χ1) is 8.26. The molecular weight excluding hydrogens is 238 g/mol. The number of rotatable bonds is 3. The summed E-state index contributed by atoms with van der Waals surface area (Å²) < 4.78 is 5.22. The van der Waals surface area contributed by atoms with Crippen molar-refractivity contribution in [2.24, 2.45) is 0 Å². The largest absolute Gasteiger partial charge is 0.494 e. The number of pyridine rings is 1. The highest BCUT2D eigenvalue weighted by Gasteiger charge is 2.11. The number of aromatic nitrogens is 1. The van der Waals surface area contributed by atoms with Crippen LogP contribution in [0.15, 0.2) is 36.5 Å². The second kappa shape index (κ2) is 4.97. The van der Waals surface area contributed by atoms with Crippen LogP contribution < -0.4 is 4.74 Å². The zero-order valence-electron chi connectivity index (χ0n) is 9.18. The van der Waals surface area contributed by atoms with Crippen molar-refractivity contribution in [3.8, 4) is 17.0 Å². The lowest BCUT2D eigenvalue weighted by Crippen LogP contribution is -1.94. The van der Waals surface area contributed by atoms with Gasteiger partial charge in [0, 0.05) is 22.3 Å². The summed E-state index contributed by atoms with van der Waals surface area (Å²) in [5.74, 6) is 0.609. The summed E-state index contributed by atoms with van der Waals surface area (Å²) >= 11 is 5.93. The van der Waals surface area contributed by atoms with Gasteiger partial charge in [0.05, 0.1) is 7.11 Å². The van der Waals surface area contributed by atoms with E-state index in [0.717, 1.165) is 6.29 Å². The number of benzene rings is 1. The summed E-state index contributed by atoms with van der Waals surface area (Å²) in [5.41, 5.74) is 1.82. The Labute approximate surface area is 104 Å². The molecule has 0 fully saturated rings. The van der Waals surface area contributed by atoms with Crippen LogP contribution in [0.5, 0.6) is 5.75 Å². The highest BCUT2D eigenvalue weighted by Crippen LogP contribution is 2.31. The molecule has 1 aromatic heterocycles. The number of hydrogen-bond acceptors (Lipinski definition) is 3. The van der Waals surface area contributed by atoms with E-state index in [0.29, 0.717) is 27.6 Å². The Morgan fingerprint density at radius 1 is 1.35 bits per heavy atom. The first-order valence-electron chi connectivity index (χ1n) is 5.00. The zero-order chi connectivity index (χ0) is 12.3. The van der Waals surface area contributed by atoms with E-state index >= 15 is 0 Å². The molecule has 4 heteroatoms. The van der Waals surface area contributed by atoms with Crippen LogP contribution in [0, 0.1) is 0 Å². The summed E-state index contributed by atoms with van der Waals surface area (Å²) in [6.07, 6.45) is 2.42. The maximum absolute atomic E-state index is 11.0. The Morgan fingerprint density at radius 3 is 2.88 bits per heavy atom. The quantitative estimate of drug-likeness (QED) is 0.782. The molecule has 0 spiro atoms. The van der Waals surface area contributed by atoms with E-state index in [2.05, 4.69) is 4.98 Å². The predicted octanol–water partition coefficient (Wildman–Crippen LogP) is 3.22. The van der Waals surface area contributed by atoms with Crippen molar-refractivity contribution < 1.29 is 9.53 Å². The van der Waals surface area contributed by atoms with E-state index in [4.69, 9.17) is 16.3 Å². The Bertz CT molecular complexity index is 555. The summed E-state index contributed by atoms with van der Waals surface area (Å²) in [6.45, 7) is 0. The number of carbonyl (C=O) groups excluding carboxylic acids is 1. The van der Waals surface area contributed by atoms with Gasteiger partial charge in [-0.05, 0) is 30.3 Å². The van der Waals surface area contributed by atoms with Gasteiger partial charge in [0.15, 0.2) is 6.29 Å². The van der Waals surface area contributed by atoms with Crippen molar-refractivity contribution in [3.63, 3.8) is 0 Å². The van der Waals surface area contributed by atoms with Crippen molar-refractivity contribution in [1.82, 2.24) is 4.98 Å². The van der Waals surface area contributed by atoms with E-state index in [1.807, 2.05) is 0 Å². The Hall–Kier alpha value is -1.87. The number of halogens is 1. The fourth-order valence-electron chi connectivity index (χ4n) is 1.59. The zero-order valence-corrected chi connectivity index (χ0v) is 9.94. The summed E-state index contributed by atoms with van der Waals surface area (Å²) in [6, 6.07) is 8.60. The second-order valence-electron chi connectivity index (χ2n) is 3.40. The third-order valence-electron chi connectivity index (χ3n) is 2.39. The number of carbonyl (C=O) groups is 1. The lowest BCUT2D eigenvalue weighted by Gasteiger charge is -2.09. The van der Waals surface area contributed by atoms with Gasteiger partial charge in [0.1, 0.15) is 11.4 Å². The molecule has 0 saturated carbocycles. The van der Waals surface area contributed by atoms with Crippen LogP contribution in [0.4, 0.5) is 0 Å². The predicted molar refractivity (Wildman–Crippen MR) is 66.6 cm³/mol. The summed E-state index contributed by atoms with van der Waals surface area (Å²) in [5, 5.41) is 0.554. The number of hydrogen-bond donors (Lipinski definition) is 0. The molecule has 0 aliphatic rings. The van der Waals surface area contributed by atoms with Gasteiger partial charge in [-0.15, -0.1) is 0 Å². The molecular formula is C13H10ClNO2. The average molecular weight is 248 g/mol. The molecule has 17 heavy (non-hydrogen) atoms. The SMILES string of the molecule is COc1cccnc1-c1cc(Cl)ccc1C=O. The highest BCUT2D eigenvalue weighted by molar-refractivity contribution is 6.31. The molecule has 0 amide bonds. The fourth-order valence-corrected chi connectivity index (χ4v) is 1.77. The third-order valence-corrected chi connectivity index (χ3v) is 2.62. The van der Waals surface area contributed by atoms with E-state index in [9.17, 15) is 4.79 Å². The molecule has 0 aliphatic carbocycles. The smallest absolute Gasteiger partial charge is 0.150 e. The van der Waals surface area contributed by atoms with Crippen LogP contribution in [-0.4, -0.2) is 18.4 Å². The molecule has 0 atom stereocenters. The van der Waals surface area contributed by atoms with Gasteiger partial charge in [-0.2, -0.15) is 0 Å². The van der Waals surface area contributed by atoms with Crippen molar-refractivity contribution in [2.45, 2.75) is 0 Å². The van der Waals surface area contributed by atoms with Gasteiger partial charge in [0.2, 0.25) is 0 Å². The van der Waals surface area contributed by atoms with Gasteiger partial charge in [0.25, 0.3) is 0 Å². The van der Waals surface area contributed by atoms with Crippen LogP contribution in [0.3, 0.4) is 0 Å². The number of ether oxygens (including phenoxy) is 1. The third kappa shape index (κ3) is 2.29.